The predicted molar refractivity (Wildman–Crippen MR) is 56.0 cm³/mol. The molecule has 2 aliphatic carbocycles. The van der Waals surface area contributed by atoms with E-state index in [2.05, 4.69) is 0 Å². The first-order valence-electron chi connectivity index (χ1n) is 5.63. The SMILES string of the molecule is O=S(=O)(O)C1CC(O)C2CCCCC2C1. The fourth-order valence-corrected chi connectivity index (χ4v) is 4.09. The van der Waals surface area contributed by atoms with Gasteiger partial charge in [0.25, 0.3) is 10.1 Å². The van der Waals surface area contributed by atoms with Crippen molar-refractivity contribution in [3.05, 3.63) is 0 Å². The van der Waals surface area contributed by atoms with Crippen LogP contribution in [0.15, 0.2) is 0 Å². The highest BCUT2D eigenvalue weighted by Crippen LogP contribution is 2.42. The minimum absolute atomic E-state index is 0.208. The van der Waals surface area contributed by atoms with Crippen molar-refractivity contribution in [1.29, 1.82) is 0 Å². The highest BCUT2D eigenvalue weighted by atomic mass is 32.2. The van der Waals surface area contributed by atoms with E-state index in [0.29, 0.717) is 6.42 Å². The fourth-order valence-electron chi connectivity index (χ4n) is 3.16. The third-order valence-electron chi connectivity index (χ3n) is 3.95. The van der Waals surface area contributed by atoms with Gasteiger partial charge in [0.15, 0.2) is 0 Å². The van der Waals surface area contributed by atoms with Gasteiger partial charge in [0.1, 0.15) is 0 Å². The molecule has 2 aliphatic rings. The predicted octanol–water partition coefficient (Wildman–Crippen LogP) is 1.20. The van der Waals surface area contributed by atoms with Crippen molar-refractivity contribution in [2.45, 2.75) is 49.9 Å². The quantitative estimate of drug-likeness (QED) is 0.669. The van der Waals surface area contributed by atoms with E-state index in [-0.39, 0.29) is 18.3 Å². The van der Waals surface area contributed by atoms with Crippen LogP contribution in [-0.2, 0) is 10.1 Å². The molecule has 88 valence electrons. The molecule has 0 aromatic carbocycles. The molecular weight excluding hydrogens is 216 g/mol. The summed E-state index contributed by atoms with van der Waals surface area (Å²) >= 11 is 0. The molecule has 2 N–H and O–H groups in total. The average molecular weight is 234 g/mol. The smallest absolute Gasteiger partial charge is 0.267 e. The van der Waals surface area contributed by atoms with Crippen LogP contribution in [0, 0.1) is 11.8 Å². The van der Waals surface area contributed by atoms with E-state index >= 15 is 0 Å². The molecule has 0 bridgehead atoms. The summed E-state index contributed by atoms with van der Waals surface area (Å²) in [6.45, 7) is 0. The third kappa shape index (κ3) is 2.34. The van der Waals surface area contributed by atoms with E-state index < -0.39 is 21.5 Å². The van der Waals surface area contributed by atoms with E-state index in [0.717, 1.165) is 25.7 Å². The lowest BCUT2D eigenvalue weighted by Crippen LogP contribution is -2.43. The summed E-state index contributed by atoms with van der Waals surface area (Å²) < 4.78 is 31.1. The first-order chi connectivity index (χ1) is 6.98. The highest BCUT2D eigenvalue weighted by molar-refractivity contribution is 7.86. The normalized spacial score (nSPS) is 42.3. The van der Waals surface area contributed by atoms with E-state index in [1.54, 1.807) is 0 Å². The molecule has 4 atom stereocenters. The van der Waals surface area contributed by atoms with Gasteiger partial charge in [0, 0.05) is 0 Å². The molecule has 2 fully saturated rings. The average Bonchev–Trinajstić information content (AvgIpc) is 2.16. The van der Waals surface area contributed by atoms with E-state index in [4.69, 9.17) is 4.55 Å². The standard InChI is InChI=1S/C10H18O4S/c11-10-6-8(15(12,13)14)5-7-3-1-2-4-9(7)10/h7-11H,1-6H2,(H,12,13,14). The first-order valence-corrected chi connectivity index (χ1v) is 7.13. The van der Waals surface area contributed by atoms with Crippen LogP contribution in [0.5, 0.6) is 0 Å². The van der Waals surface area contributed by atoms with Gasteiger partial charge in [-0.1, -0.05) is 19.3 Å². The molecule has 0 aromatic heterocycles. The lowest BCUT2D eigenvalue weighted by molar-refractivity contribution is 0.0111. The molecule has 5 heteroatoms. The molecule has 0 amide bonds. The Morgan fingerprint density at radius 3 is 2.40 bits per heavy atom. The Morgan fingerprint density at radius 2 is 1.73 bits per heavy atom. The maximum atomic E-state index is 11.1. The summed E-state index contributed by atoms with van der Waals surface area (Å²) in [5.74, 6) is 0.547. The summed E-state index contributed by atoms with van der Waals surface area (Å²) in [7, 11) is -3.97. The highest BCUT2D eigenvalue weighted by Gasteiger charge is 2.42. The second-order valence-corrected chi connectivity index (χ2v) is 6.58. The van der Waals surface area contributed by atoms with Crippen LogP contribution >= 0.6 is 0 Å². The maximum absolute atomic E-state index is 11.1. The molecule has 0 radical (unpaired) electrons. The number of aliphatic hydroxyl groups is 1. The van der Waals surface area contributed by atoms with Crippen molar-refractivity contribution in [3.8, 4) is 0 Å². The first kappa shape index (κ1) is 11.4. The van der Waals surface area contributed by atoms with Gasteiger partial charge < -0.3 is 5.11 Å². The molecule has 4 unspecified atom stereocenters. The molecule has 0 saturated heterocycles. The Morgan fingerprint density at radius 1 is 1.07 bits per heavy atom. The van der Waals surface area contributed by atoms with Crippen molar-refractivity contribution in [2.75, 3.05) is 0 Å². The van der Waals surface area contributed by atoms with Gasteiger partial charge in [-0.05, 0) is 31.1 Å². The minimum atomic E-state index is -3.97. The van der Waals surface area contributed by atoms with Crippen LogP contribution in [-0.4, -0.2) is 29.4 Å². The topological polar surface area (TPSA) is 74.6 Å². The van der Waals surface area contributed by atoms with Crippen molar-refractivity contribution < 1.29 is 18.1 Å². The minimum Gasteiger partial charge on any atom is -0.393 e. The molecule has 2 saturated carbocycles. The van der Waals surface area contributed by atoms with Crippen LogP contribution in [0.1, 0.15) is 38.5 Å². The molecule has 4 nitrogen and oxygen atoms in total. The lowest BCUT2D eigenvalue weighted by atomic mass is 9.69. The molecule has 0 aliphatic heterocycles. The zero-order chi connectivity index (χ0) is 11.1. The van der Waals surface area contributed by atoms with Crippen LogP contribution in [0.3, 0.4) is 0 Å². The number of fused-ring (bicyclic) bond motifs is 1. The van der Waals surface area contributed by atoms with Gasteiger partial charge in [-0.2, -0.15) is 8.42 Å². The fraction of sp³-hybridized carbons (Fsp3) is 1.00. The summed E-state index contributed by atoms with van der Waals surface area (Å²) in [6.07, 6.45) is 4.44. The van der Waals surface area contributed by atoms with Gasteiger partial charge in [-0.3, -0.25) is 4.55 Å². The van der Waals surface area contributed by atoms with Crippen molar-refractivity contribution in [3.63, 3.8) is 0 Å². The van der Waals surface area contributed by atoms with Crippen LogP contribution in [0.25, 0.3) is 0 Å². The molecule has 0 aromatic rings. The van der Waals surface area contributed by atoms with Gasteiger partial charge in [0.05, 0.1) is 11.4 Å². The van der Waals surface area contributed by atoms with Crippen molar-refractivity contribution >= 4 is 10.1 Å². The van der Waals surface area contributed by atoms with Gasteiger partial charge >= 0.3 is 0 Å². The molecule has 0 heterocycles. The summed E-state index contributed by atoms with van der Waals surface area (Å²) in [5.41, 5.74) is 0. The maximum Gasteiger partial charge on any atom is 0.267 e. The summed E-state index contributed by atoms with van der Waals surface area (Å²) in [4.78, 5) is 0. The Balaban J connectivity index is 2.11. The summed E-state index contributed by atoms with van der Waals surface area (Å²) in [5, 5.41) is 9.12. The van der Waals surface area contributed by atoms with E-state index in [1.165, 1.54) is 0 Å². The van der Waals surface area contributed by atoms with Crippen LogP contribution in [0.2, 0.25) is 0 Å². The Bertz CT molecular complexity index is 324. The van der Waals surface area contributed by atoms with E-state index in [9.17, 15) is 13.5 Å². The van der Waals surface area contributed by atoms with Crippen molar-refractivity contribution in [2.24, 2.45) is 11.8 Å². The van der Waals surface area contributed by atoms with Gasteiger partial charge in [0.2, 0.25) is 0 Å². The summed E-state index contributed by atoms with van der Waals surface area (Å²) in [6, 6.07) is 0. The number of rotatable bonds is 1. The number of hydrogen-bond donors (Lipinski definition) is 2. The number of aliphatic hydroxyl groups excluding tert-OH is 1. The zero-order valence-electron chi connectivity index (χ0n) is 8.67. The molecule has 0 spiro atoms. The Labute approximate surface area is 90.4 Å². The second-order valence-electron chi connectivity index (χ2n) is 4.88. The van der Waals surface area contributed by atoms with E-state index in [1.807, 2.05) is 0 Å². The zero-order valence-corrected chi connectivity index (χ0v) is 9.49. The second kappa shape index (κ2) is 4.03. The lowest BCUT2D eigenvalue weighted by Gasteiger charge is -2.41. The van der Waals surface area contributed by atoms with Gasteiger partial charge in [-0.15, -0.1) is 0 Å². The number of hydrogen-bond acceptors (Lipinski definition) is 3. The largest absolute Gasteiger partial charge is 0.393 e. The third-order valence-corrected chi connectivity index (χ3v) is 5.18. The van der Waals surface area contributed by atoms with Gasteiger partial charge in [-0.25, -0.2) is 0 Å². The van der Waals surface area contributed by atoms with Crippen LogP contribution < -0.4 is 0 Å². The molecule has 2 rings (SSSR count). The Kier molecular flexibility index (Phi) is 3.05. The van der Waals surface area contributed by atoms with Crippen molar-refractivity contribution in [1.82, 2.24) is 0 Å². The monoisotopic (exact) mass is 234 g/mol. The molecule has 15 heavy (non-hydrogen) atoms. The molecular formula is C10H18O4S. The van der Waals surface area contributed by atoms with Crippen LogP contribution in [0.4, 0.5) is 0 Å². The Hall–Kier alpha value is -0.130.